The minimum Gasteiger partial charge on any atom is -0.492 e. The molecule has 1 aliphatic heterocycles. The molecule has 1 aromatic carbocycles. The molecule has 1 aliphatic carbocycles. The first-order valence-electron chi connectivity index (χ1n) is 9.89. The van der Waals surface area contributed by atoms with Crippen LogP contribution in [0.25, 0.3) is 5.57 Å². The quantitative estimate of drug-likeness (QED) is 0.741. The molecule has 1 atom stereocenters. The Balaban J connectivity index is 2.44. The van der Waals surface area contributed by atoms with Crippen molar-refractivity contribution >= 4 is 11.4 Å². The molecular weight excluding hydrogens is 336 g/mol. The molecule has 1 unspecified atom stereocenters. The highest BCUT2D eigenvalue weighted by Crippen LogP contribution is 2.56. The number of hydrogen-bond acceptors (Lipinski definition) is 3. The molecule has 0 aromatic heterocycles. The summed E-state index contributed by atoms with van der Waals surface area (Å²) in [5.41, 5.74) is 3.25. The summed E-state index contributed by atoms with van der Waals surface area (Å²) < 4.78 is 6.31. The Labute approximate surface area is 163 Å². The lowest BCUT2D eigenvalue weighted by Crippen LogP contribution is -2.32. The molecular formula is C24H34O3. The van der Waals surface area contributed by atoms with E-state index in [1.807, 2.05) is 0 Å². The van der Waals surface area contributed by atoms with E-state index in [2.05, 4.69) is 60.6 Å². The number of ether oxygens (including phenoxy) is 1. The highest BCUT2D eigenvalue weighted by atomic mass is 16.5. The summed E-state index contributed by atoms with van der Waals surface area (Å²) in [6, 6.07) is 4.43. The molecule has 3 heteroatoms. The van der Waals surface area contributed by atoms with Gasteiger partial charge in [0.15, 0.2) is 5.78 Å². The minimum absolute atomic E-state index is 0.0268. The second kappa shape index (κ2) is 5.70. The Hall–Kier alpha value is -1.61. The molecule has 27 heavy (non-hydrogen) atoms. The molecule has 3 nitrogen and oxygen atoms in total. The van der Waals surface area contributed by atoms with Crippen LogP contribution in [0.5, 0.6) is 5.75 Å². The monoisotopic (exact) mass is 370 g/mol. The van der Waals surface area contributed by atoms with Crippen LogP contribution in [0.1, 0.15) is 85.4 Å². The molecule has 148 valence electrons. The summed E-state index contributed by atoms with van der Waals surface area (Å²) >= 11 is 0. The zero-order valence-electron chi connectivity index (χ0n) is 18.3. The maximum Gasteiger partial charge on any atom is 0.163 e. The molecule has 0 fully saturated rings. The molecule has 0 amide bonds. The SMILES string of the molecule is CC(C)(O)C1=C2c3cc(C(C)(C)C)cc(C(C)(C)C)c3OCC2(C)CC1=O. The van der Waals surface area contributed by atoms with Crippen LogP contribution < -0.4 is 4.74 Å². The van der Waals surface area contributed by atoms with E-state index in [-0.39, 0.29) is 22.0 Å². The van der Waals surface area contributed by atoms with Crippen LogP contribution in [0.2, 0.25) is 0 Å². The van der Waals surface area contributed by atoms with Crippen molar-refractivity contribution < 1.29 is 14.6 Å². The standard InChI is InChI=1S/C24H34O3/c1-21(2,3)14-10-15-18-19(23(7,8)26)17(25)12-24(18,9)13-27-20(15)16(11-14)22(4,5)6/h10-11,26H,12-13H2,1-9H3. The largest absolute Gasteiger partial charge is 0.492 e. The van der Waals surface area contributed by atoms with Crippen LogP contribution in [-0.4, -0.2) is 23.1 Å². The van der Waals surface area contributed by atoms with Crippen molar-refractivity contribution in [1.82, 2.24) is 0 Å². The lowest BCUT2D eigenvalue weighted by molar-refractivity contribution is -0.117. The smallest absolute Gasteiger partial charge is 0.163 e. The third-order valence-corrected chi connectivity index (χ3v) is 5.86. The molecule has 0 saturated carbocycles. The lowest BCUT2D eigenvalue weighted by Gasteiger charge is -2.39. The fraction of sp³-hybridized carbons (Fsp3) is 0.625. The van der Waals surface area contributed by atoms with Crippen molar-refractivity contribution in [2.24, 2.45) is 5.41 Å². The highest BCUT2D eigenvalue weighted by Gasteiger charge is 2.50. The van der Waals surface area contributed by atoms with Crippen molar-refractivity contribution in [2.75, 3.05) is 6.61 Å². The number of fused-ring (bicyclic) bond motifs is 3. The average Bonchev–Trinajstić information content (AvgIpc) is 2.74. The normalized spacial score (nSPS) is 23.3. The minimum atomic E-state index is -1.17. The molecule has 1 heterocycles. The number of aliphatic hydroxyl groups is 1. The van der Waals surface area contributed by atoms with Crippen molar-refractivity contribution in [3.05, 3.63) is 34.4 Å². The van der Waals surface area contributed by atoms with Gasteiger partial charge in [0.2, 0.25) is 0 Å². The third-order valence-electron chi connectivity index (χ3n) is 5.86. The average molecular weight is 371 g/mol. The second-order valence-corrected chi connectivity index (χ2v) is 11.2. The fourth-order valence-electron chi connectivity index (χ4n) is 4.39. The highest BCUT2D eigenvalue weighted by molar-refractivity contribution is 6.11. The third kappa shape index (κ3) is 3.24. The van der Waals surface area contributed by atoms with Crippen LogP contribution in [0.15, 0.2) is 17.7 Å². The van der Waals surface area contributed by atoms with Gasteiger partial charge in [0, 0.05) is 28.5 Å². The van der Waals surface area contributed by atoms with Gasteiger partial charge in [0.25, 0.3) is 0 Å². The molecule has 0 bridgehead atoms. The summed E-state index contributed by atoms with van der Waals surface area (Å²) in [6.07, 6.45) is 0.395. The number of benzene rings is 1. The van der Waals surface area contributed by atoms with Gasteiger partial charge in [0.1, 0.15) is 5.75 Å². The van der Waals surface area contributed by atoms with E-state index >= 15 is 0 Å². The molecule has 0 saturated heterocycles. The second-order valence-electron chi connectivity index (χ2n) is 11.2. The Bertz CT molecular complexity index is 838. The van der Waals surface area contributed by atoms with Gasteiger partial charge in [-0.15, -0.1) is 0 Å². The van der Waals surface area contributed by atoms with Crippen molar-refractivity contribution in [3.63, 3.8) is 0 Å². The summed E-state index contributed by atoms with van der Waals surface area (Å²) in [7, 11) is 0. The van der Waals surface area contributed by atoms with E-state index < -0.39 is 5.60 Å². The number of ketones is 1. The van der Waals surface area contributed by atoms with Crippen LogP contribution in [0.4, 0.5) is 0 Å². The Kier molecular flexibility index (Phi) is 4.25. The van der Waals surface area contributed by atoms with Gasteiger partial charge >= 0.3 is 0 Å². The first-order valence-corrected chi connectivity index (χ1v) is 9.89. The molecule has 1 N–H and O–H groups in total. The first-order chi connectivity index (χ1) is 12.1. The molecule has 3 rings (SSSR count). The van der Waals surface area contributed by atoms with Gasteiger partial charge < -0.3 is 9.84 Å². The van der Waals surface area contributed by atoms with E-state index in [0.717, 1.165) is 22.4 Å². The van der Waals surface area contributed by atoms with Crippen molar-refractivity contribution in [2.45, 2.75) is 85.2 Å². The number of rotatable bonds is 1. The van der Waals surface area contributed by atoms with Crippen molar-refractivity contribution in [3.8, 4) is 5.75 Å². The summed E-state index contributed by atoms with van der Waals surface area (Å²) in [6.45, 7) is 19.2. The number of Topliss-reactive ketones (excluding diaryl/α,β-unsaturated/α-hetero) is 1. The predicted molar refractivity (Wildman–Crippen MR) is 110 cm³/mol. The van der Waals surface area contributed by atoms with Crippen LogP contribution >= 0.6 is 0 Å². The fourth-order valence-corrected chi connectivity index (χ4v) is 4.39. The van der Waals surface area contributed by atoms with Gasteiger partial charge in [-0.3, -0.25) is 4.79 Å². The van der Waals surface area contributed by atoms with Gasteiger partial charge in [-0.1, -0.05) is 54.5 Å². The van der Waals surface area contributed by atoms with Gasteiger partial charge in [-0.05, 0) is 41.9 Å². The van der Waals surface area contributed by atoms with E-state index in [4.69, 9.17) is 4.74 Å². The molecule has 2 aliphatic rings. The number of carbonyl (C=O) groups is 1. The van der Waals surface area contributed by atoms with E-state index in [9.17, 15) is 9.90 Å². The van der Waals surface area contributed by atoms with E-state index in [1.54, 1.807) is 13.8 Å². The number of hydrogen-bond donors (Lipinski definition) is 1. The Morgan fingerprint density at radius 1 is 1.00 bits per heavy atom. The topological polar surface area (TPSA) is 46.5 Å². The first kappa shape index (κ1) is 20.1. The van der Waals surface area contributed by atoms with Crippen LogP contribution in [0, 0.1) is 5.41 Å². The zero-order chi connectivity index (χ0) is 20.6. The number of carbonyl (C=O) groups excluding carboxylic acids is 1. The van der Waals surface area contributed by atoms with Crippen LogP contribution in [-0.2, 0) is 15.6 Å². The van der Waals surface area contributed by atoms with Gasteiger partial charge in [-0.25, -0.2) is 0 Å². The lowest BCUT2D eigenvalue weighted by atomic mass is 9.72. The maximum atomic E-state index is 12.9. The summed E-state index contributed by atoms with van der Waals surface area (Å²) in [4.78, 5) is 12.9. The van der Waals surface area contributed by atoms with Crippen molar-refractivity contribution in [1.29, 1.82) is 0 Å². The van der Waals surface area contributed by atoms with E-state index in [0.29, 0.717) is 18.6 Å². The predicted octanol–water partition coefficient (Wildman–Crippen LogP) is 5.18. The molecule has 1 aromatic rings. The zero-order valence-corrected chi connectivity index (χ0v) is 18.3. The molecule has 0 radical (unpaired) electrons. The Morgan fingerprint density at radius 3 is 2.07 bits per heavy atom. The van der Waals surface area contributed by atoms with Gasteiger partial charge in [0.05, 0.1) is 12.2 Å². The Morgan fingerprint density at radius 2 is 1.59 bits per heavy atom. The summed E-state index contributed by atoms with van der Waals surface area (Å²) in [5.74, 6) is 0.911. The molecule has 0 spiro atoms. The van der Waals surface area contributed by atoms with Gasteiger partial charge in [-0.2, -0.15) is 0 Å². The maximum absolute atomic E-state index is 12.9. The van der Waals surface area contributed by atoms with Crippen LogP contribution in [0.3, 0.4) is 0 Å². The summed E-state index contributed by atoms with van der Waals surface area (Å²) in [5, 5.41) is 10.8. The van der Waals surface area contributed by atoms with E-state index in [1.165, 1.54) is 5.56 Å².